The maximum atomic E-state index is 13.1. The lowest BCUT2D eigenvalue weighted by Gasteiger charge is -2.35. The molecule has 7 heteroatoms. The molecule has 1 aliphatic heterocycles. The number of benzene rings is 1. The van der Waals surface area contributed by atoms with Gasteiger partial charge in [0, 0.05) is 30.7 Å². The molecule has 1 unspecified atom stereocenters. The van der Waals surface area contributed by atoms with Crippen LogP contribution in [0.2, 0.25) is 0 Å². The van der Waals surface area contributed by atoms with E-state index in [4.69, 9.17) is 5.73 Å². The van der Waals surface area contributed by atoms with Gasteiger partial charge in [0.1, 0.15) is 0 Å². The third-order valence-corrected chi connectivity index (χ3v) is 8.01. The Kier molecular flexibility index (Phi) is 10.8. The molecule has 6 nitrogen and oxygen atoms in total. The number of hydrogen-bond acceptors (Lipinski definition) is 4. The van der Waals surface area contributed by atoms with Crippen LogP contribution < -0.4 is 11.1 Å². The molecule has 1 aromatic rings. The highest BCUT2D eigenvalue weighted by molar-refractivity contribution is 7.89. The van der Waals surface area contributed by atoms with E-state index in [1.165, 1.54) is 19.3 Å². The normalized spacial score (nSPS) is 21.4. The molecule has 2 fully saturated rings. The molecule has 1 aliphatic carbocycles. The van der Waals surface area contributed by atoms with E-state index in [1.807, 2.05) is 0 Å². The van der Waals surface area contributed by atoms with Gasteiger partial charge in [-0.2, -0.15) is 4.31 Å². The average molecular weight is 440 g/mol. The van der Waals surface area contributed by atoms with E-state index in [-0.39, 0.29) is 37.6 Å². The molecule has 1 aromatic carbocycles. The molecule has 3 N–H and O–H groups in total. The number of nitrogens with two attached hydrogens (primary N) is 1. The number of anilines is 1. The summed E-state index contributed by atoms with van der Waals surface area (Å²) in [5, 5.41) is 3.07. The number of nitrogens with zero attached hydrogens (tertiary/aromatic N) is 1. The first-order valence-corrected chi connectivity index (χ1v) is 12.1. The number of carbonyl (C=O) groups is 1. The molecule has 0 spiro atoms. The second kappa shape index (κ2) is 12.3. The Morgan fingerprint density at radius 2 is 1.50 bits per heavy atom. The van der Waals surface area contributed by atoms with Crippen molar-refractivity contribution in [3.63, 3.8) is 0 Å². The van der Waals surface area contributed by atoms with Crippen LogP contribution in [0.5, 0.6) is 0 Å². The molecule has 2 aliphatic rings. The van der Waals surface area contributed by atoms with Crippen LogP contribution in [0.1, 0.15) is 79.1 Å². The molecule has 0 radical (unpaired) electrons. The highest BCUT2D eigenvalue weighted by atomic mass is 32.2. The van der Waals surface area contributed by atoms with E-state index in [9.17, 15) is 13.2 Å². The van der Waals surface area contributed by atoms with Gasteiger partial charge in [0.2, 0.25) is 15.9 Å². The number of hydrogen-bond donors (Lipinski definition) is 2. The summed E-state index contributed by atoms with van der Waals surface area (Å²) in [5.74, 6) is 0.170. The predicted octanol–water partition coefficient (Wildman–Crippen LogP) is 4.56. The first-order chi connectivity index (χ1) is 13.5. The van der Waals surface area contributed by atoms with Gasteiger partial charge in [-0.15, -0.1) is 0 Å². The lowest BCUT2D eigenvalue weighted by atomic mass is 9.90. The standard InChI is InChI=1S/C21H33N3O3S.2CH4/c22-18-11-13-20(14-12-18)28(26,27)24-15-7-6-10-19(24)16-23-21(25)17-8-4-2-1-3-5-9-17;;/h11-14,17,19H,1-10,15-16,22H2,(H,23,25);2*1H4. The zero-order valence-electron chi connectivity index (χ0n) is 16.6. The van der Waals surface area contributed by atoms with Crippen molar-refractivity contribution in [2.45, 2.75) is 90.0 Å². The van der Waals surface area contributed by atoms with Gasteiger partial charge in [0.25, 0.3) is 0 Å². The van der Waals surface area contributed by atoms with Crippen LogP contribution in [0.15, 0.2) is 29.2 Å². The molecule has 1 saturated carbocycles. The van der Waals surface area contributed by atoms with Crippen molar-refractivity contribution in [1.82, 2.24) is 9.62 Å². The Labute approximate surface area is 183 Å². The summed E-state index contributed by atoms with van der Waals surface area (Å²) in [4.78, 5) is 12.9. The van der Waals surface area contributed by atoms with Crippen molar-refractivity contribution < 1.29 is 13.2 Å². The summed E-state index contributed by atoms with van der Waals surface area (Å²) >= 11 is 0. The van der Waals surface area contributed by atoms with Crippen LogP contribution in [0.4, 0.5) is 5.69 Å². The zero-order chi connectivity index (χ0) is 20.0. The summed E-state index contributed by atoms with van der Waals surface area (Å²) in [6.45, 7) is 0.889. The summed E-state index contributed by atoms with van der Waals surface area (Å²) in [6.07, 6.45) is 10.4. The van der Waals surface area contributed by atoms with Gasteiger partial charge >= 0.3 is 0 Å². The van der Waals surface area contributed by atoms with E-state index >= 15 is 0 Å². The fraction of sp³-hybridized carbons (Fsp3) is 0.696. The summed E-state index contributed by atoms with van der Waals surface area (Å²) < 4.78 is 27.8. The average Bonchev–Trinajstić information content (AvgIpc) is 2.66. The fourth-order valence-corrected chi connectivity index (χ4v) is 6.04. The number of nitrogen functional groups attached to an aromatic ring is 1. The summed E-state index contributed by atoms with van der Waals surface area (Å²) in [5.41, 5.74) is 6.23. The molecular formula is C23H41N3O3S. The van der Waals surface area contributed by atoms with Gasteiger partial charge in [-0.1, -0.05) is 53.4 Å². The van der Waals surface area contributed by atoms with Crippen molar-refractivity contribution >= 4 is 21.6 Å². The first kappa shape index (κ1) is 26.4. The highest BCUT2D eigenvalue weighted by Crippen LogP contribution is 2.26. The van der Waals surface area contributed by atoms with E-state index in [1.54, 1.807) is 28.6 Å². The molecule has 30 heavy (non-hydrogen) atoms. The topological polar surface area (TPSA) is 92.5 Å². The van der Waals surface area contributed by atoms with Crippen molar-refractivity contribution in [3.05, 3.63) is 24.3 Å². The molecule has 0 bridgehead atoms. The Balaban J connectivity index is 0.00000225. The van der Waals surface area contributed by atoms with Gasteiger partial charge in [-0.3, -0.25) is 4.79 Å². The summed E-state index contributed by atoms with van der Waals surface area (Å²) in [6, 6.07) is 6.16. The van der Waals surface area contributed by atoms with Crippen LogP contribution in [0.25, 0.3) is 0 Å². The largest absolute Gasteiger partial charge is 0.399 e. The molecule has 172 valence electrons. The van der Waals surface area contributed by atoms with Gasteiger partial charge in [0.05, 0.1) is 4.90 Å². The number of rotatable bonds is 5. The lowest BCUT2D eigenvalue weighted by Crippen LogP contribution is -2.50. The van der Waals surface area contributed by atoms with E-state index in [0.717, 1.165) is 44.9 Å². The molecule has 3 rings (SSSR count). The quantitative estimate of drug-likeness (QED) is 0.658. The molecule has 1 heterocycles. The third kappa shape index (κ3) is 6.71. The minimum absolute atomic E-state index is 0. The van der Waals surface area contributed by atoms with Crippen LogP contribution in [0.3, 0.4) is 0 Å². The van der Waals surface area contributed by atoms with Crippen LogP contribution in [-0.2, 0) is 14.8 Å². The zero-order valence-corrected chi connectivity index (χ0v) is 17.4. The molecular weight excluding hydrogens is 398 g/mol. The molecule has 1 saturated heterocycles. The smallest absolute Gasteiger partial charge is 0.243 e. The van der Waals surface area contributed by atoms with Crippen molar-refractivity contribution in [2.24, 2.45) is 5.92 Å². The maximum absolute atomic E-state index is 13.1. The SMILES string of the molecule is C.C.Nc1ccc(S(=O)(=O)N2CCCCC2CNC(=O)C2CCCCCCC2)cc1. The fourth-order valence-electron chi connectivity index (χ4n) is 4.35. The van der Waals surface area contributed by atoms with Crippen LogP contribution in [0, 0.1) is 5.92 Å². The monoisotopic (exact) mass is 439 g/mol. The van der Waals surface area contributed by atoms with Gasteiger partial charge in [-0.25, -0.2) is 8.42 Å². The van der Waals surface area contributed by atoms with Crippen LogP contribution in [-0.4, -0.2) is 37.8 Å². The Morgan fingerprint density at radius 3 is 2.13 bits per heavy atom. The Hall–Kier alpha value is -1.60. The predicted molar refractivity (Wildman–Crippen MR) is 125 cm³/mol. The number of piperidine rings is 1. The molecule has 1 atom stereocenters. The van der Waals surface area contributed by atoms with Gasteiger partial charge in [-0.05, 0) is 49.9 Å². The Morgan fingerprint density at radius 1 is 0.933 bits per heavy atom. The minimum atomic E-state index is -3.58. The Bertz CT molecular complexity index is 741. The van der Waals surface area contributed by atoms with E-state index in [2.05, 4.69) is 5.32 Å². The highest BCUT2D eigenvalue weighted by Gasteiger charge is 2.34. The van der Waals surface area contributed by atoms with Crippen molar-refractivity contribution in [1.29, 1.82) is 0 Å². The number of sulfonamides is 1. The van der Waals surface area contributed by atoms with Crippen LogP contribution >= 0.6 is 0 Å². The first-order valence-electron chi connectivity index (χ1n) is 10.6. The number of amides is 1. The van der Waals surface area contributed by atoms with Crippen molar-refractivity contribution in [2.75, 3.05) is 18.8 Å². The lowest BCUT2D eigenvalue weighted by molar-refractivity contribution is -0.125. The number of carbonyl (C=O) groups excluding carboxylic acids is 1. The third-order valence-electron chi connectivity index (χ3n) is 6.05. The van der Waals surface area contributed by atoms with Crippen molar-refractivity contribution in [3.8, 4) is 0 Å². The van der Waals surface area contributed by atoms with E-state index in [0.29, 0.717) is 18.8 Å². The second-order valence-electron chi connectivity index (χ2n) is 8.12. The minimum Gasteiger partial charge on any atom is -0.399 e. The maximum Gasteiger partial charge on any atom is 0.243 e. The summed E-state index contributed by atoms with van der Waals surface area (Å²) in [7, 11) is -3.58. The van der Waals surface area contributed by atoms with Gasteiger partial charge < -0.3 is 11.1 Å². The molecule has 0 aromatic heterocycles. The van der Waals surface area contributed by atoms with E-state index < -0.39 is 10.0 Å². The number of nitrogens with one attached hydrogen (secondary N) is 1. The molecule has 1 amide bonds. The van der Waals surface area contributed by atoms with Gasteiger partial charge in [0.15, 0.2) is 0 Å². The second-order valence-corrected chi connectivity index (χ2v) is 10.0.